The number of hydrogen-bond donors (Lipinski definition) is 1. The molecule has 1 N–H and O–H groups in total. The molecule has 0 spiro atoms. The van der Waals surface area contributed by atoms with Gasteiger partial charge in [-0.15, -0.1) is 0 Å². The number of nitrogens with zero attached hydrogens (tertiary/aromatic N) is 2. The summed E-state index contributed by atoms with van der Waals surface area (Å²) in [4.78, 5) is 10.3. The van der Waals surface area contributed by atoms with E-state index >= 15 is 0 Å². The molecule has 0 aliphatic carbocycles. The van der Waals surface area contributed by atoms with Crippen molar-refractivity contribution < 1.29 is 14.8 Å². The molecule has 2 aromatic rings. The molecule has 6 nitrogen and oxygen atoms in total. The summed E-state index contributed by atoms with van der Waals surface area (Å²) in [6.45, 7) is 0. The third-order valence-electron chi connectivity index (χ3n) is 2.37. The first-order valence-electron chi connectivity index (χ1n) is 5.26. The molecule has 0 aliphatic heterocycles. The van der Waals surface area contributed by atoms with E-state index in [0.717, 1.165) is 6.07 Å². The summed E-state index contributed by atoms with van der Waals surface area (Å²) < 4.78 is 5.30. The van der Waals surface area contributed by atoms with Crippen LogP contribution in [0.2, 0.25) is 0 Å². The normalized spacial score (nSPS) is 9.63. The predicted molar refractivity (Wildman–Crippen MR) is 66.0 cm³/mol. The number of rotatable bonds is 3. The molecular formula is C13H8N2O4. The Balaban J connectivity index is 2.43. The predicted octanol–water partition coefficient (Wildman–Crippen LogP) is 2.96. The van der Waals surface area contributed by atoms with Crippen molar-refractivity contribution in [2.45, 2.75) is 0 Å². The molecule has 19 heavy (non-hydrogen) atoms. The van der Waals surface area contributed by atoms with Crippen molar-refractivity contribution in [2.24, 2.45) is 0 Å². The largest absolute Gasteiger partial charge is 0.504 e. The molecule has 0 unspecified atom stereocenters. The Kier molecular flexibility index (Phi) is 3.30. The van der Waals surface area contributed by atoms with Crippen LogP contribution in [0.15, 0.2) is 42.5 Å². The Morgan fingerprint density at radius 1 is 1.21 bits per heavy atom. The molecule has 0 fully saturated rings. The van der Waals surface area contributed by atoms with Gasteiger partial charge >= 0.3 is 5.69 Å². The maximum Gasteiger partial charge on any atom is 0.312 e. The fourth-order valence-electron chi connectivity index (χ4n) is 1.48. The van der Waals surface area contributed by atoms with Crippen molar-refractivity contribution in [3.8, 4) is 23.3 Å². The molecule has 0 heterocycles. The lowest BCUT2D eigenvalue weighted by atomic mass is 10.2. The van der Waals surface area contributed by atoms with Gasteiger partial charge in [0.25, 0.3) is 0 Å². The number of ether oxygens (including phenoxy) is 1. The lowest BCUT2D eigenvalue weighted by Crippen LogP contribution is -1.94. The second kappa shape index (κ2) is 5.06. The standard InChI is InChI=1S/C13H8N2O4/c14-8-9-5-6-12(10(7-9)15(17)18)19-13-4-2-1-3-11(13)16/h1-7,16H. The van der Waals surface area contributed by atoms with Crippen molar-refractivity contribution in [3.63, 3.8) is 0 Å². The zero-order valence-electron chi connectivity index (χ0n) is 9.61. The molecule has 0 aromatic heterocycles. The molecule has 0 bridgehead atoms. The highest BCUT2D eigenvalue weighted by atomic mass is 16.6. The van der Waals surface area contributed by atoms with E-state index in [1.807, 2.05) is 6.07 Å². The van der Waals surface area contributed by atoms with Gasteiger partial charge in [-0.1, -0.05) is 12.1 Å². The fraction of sp³-hybridized carbons (Fsp3) is 0. The van der Waals surface area contributed by atoms with Gasteiger partial charge in [0, 0.05) is 6.07 Å². The van der Waals surface area contributed by atoms with Crippen LogP contribution in [0.1, 0.15) is 5.56 Å². The van der Waals surface area contributed by atoms with Gasteiger partial charge in [0.05, 0.1) is 16.6 Å². The zero-order chi connectivity index (χ0) is 13.8. The Morgan fingerprint density at radius 3 is 2.58 bits per heavy atom. The highest BCUT2D eigenvalue weighted by molar-refractivity contribution is 5.54. The van der Waals surface area contributed by atoms with Crippen LogP contribution in [0.4, 0.5) is 5.69 Å². The van der Waals surface area contributed by atoms with Crippen LogP contribution >= 0.6 is 0 Å². The second-order valence-electron chi connectivity index (χ2n) is 3.62. The number of benzene rings is 2. The summed E-state index contributed by atoms with van der Waals surface area (Å²) in [5, 5.41) is 29.2. The first-order valence-corrected chi connectivity index (χ1v) is 5.26. The molecule has 94 valence electrons. The van der Waals surface area contributed by atoms with Gasteiger partial charge in [0.1, 0.15) is 0 Å². The number of hydrogen-bond acceptors (Lipinski definition) is 5. The number of phenolic OH excluding ortho intramolecular Hbond substituents is 1. The summed E-state index contributed by atoms with van der Waals surface area (Å²) in [6, 6.07) is 11.8. The Morgan fingerprint density at radius 2 is 1.95 bits per heavy atom. The third kappa shape index (κ3) is 2.61. The molecule has 0 aliphatic rings. The molecule has 0 saturated carbocycles. The maximum atomic E-state index is 10.9. The summed E-state index contributed by atoms with van der Waals surface area (Å²) in [5.41, 5.74) is -0.168. The van der Waals surface area contributed by atoms with E-state index in [1.54, 1.807) is 12.1 Å². The van der Waals surface area contributed by atoms with Gasteiger partial charge in [-0.25, -0.2) is 0 Å². The van der Waals surface area contributed by atoms with E-state index in [2.05, 4.69) is 0 Å². The lowest BCUT2D eigenvalue weighted by molar-refractivity contribution is -0.385. The first-order chi connectivity index (χ1) is 9.11. The highest BCUT2D eigenvalue weighted by Gasteiger charge is 2.17. The van der Waals surface area contributed by atoms with Crippen molar-refractivity contribution in [3.05, 3.63) is 58.1 Å². The average Bonchev–Trinajstić information content (AvgIpc) is 2.41. The molecule has 0 atom stereocenters. The van der Waals surface area contributed by atoms with Crippen LogP contribution in [0.5, 0.6) is 17.2 Å². The highest BCUT2D eigenvalue weighted by Crippen LogP contribution is 2.35. The Hall–Kier alpha value is -3.07. The van der Waals surface area contributed by atoms with E-state index in [0.29, 0.717) is 0 Å². The Labute approximate surface area is 108 Å². The second-order valence-corrected chi connectivity index (χ2v) is 3.62. The maximum absolute atomic E-state index is 10.9. The quantitative estimate of drug-likeness (QED) is 0.672. The molecule has 0 saturated heterocycles. The van der Waals surface area contributed by atoms with Gasteiger partial charge in [0.2, 0.25) is 5.75 Å². The molecule has 2 rings (SSSR count). The van der Waals surface area contributed by atoms with Crippen LogP contribution in [-0.2, 0) is 0 Å². The van der Waals surface area contributed by atoms with E-state index in [9.17, 15) is 15.2 Å². The number of phenols is 1. The van der Waals surface area contributed by atoms with Gasteiger partial charge < -0.3 is 9.84 Å². The lowest BCUT2D eigenvalue weighted by Gasteiger charge is -2.07. The monoisotopic (exact) mass is 256 g/mol. The van der Waals surface area contributed by atoms with Crippen molar-refractivity contribution in [1.29, 1.82) is 5.26 Å². The Bertz CT molecular complexity index is 677. The van der Waals surface area contributed by atoms with Crippen LogP contribution in [0.3, 0.4) is 0 Å². The van der Waals surface area contributed by atoms with Gasteiger partial charge in [0.15, 0.2) is 11.5 Å². The van der Waals surface area contributed by atoms with Crippen molar-refractivity contribution in [2.75, 3.05) is 0 Å². The van der Waals surface area contributed by atoms with Gasteiger partial charge in [-0.3, -0.25) is 10.1 Å². The van der Waals surface area contributed by atoms with E-state index in [4.69, 9.17) is 10.00 Å². The minimum atomic E-state index is -0.643. The van der Waals surface area contributed by atoms with Crippen LogP contribution in [0, 0.1) is 21.4 Å². The van der Waals surface area contributed by atoms with Crippen LogP contribution in [-0.4, -0.2) is 10.0 Å². The summed E-state index contributed by atoms with van der Waals surface area (Å²) in [5.74, 6) is -0.0537. The number of nitro groups is 1. The van der Waals surface area contributed by atoms with Crippen molar-refractivity contribution in [1.82, 2.24) is 0 Å². The summed E-state index contributed by atoms with van der Waals surface area (Å²) in [7, 11) is 0. The van der Waals surface area contributed by atoms with Gasteiger partial charge in [-0.2, -0.15) is 5.26 Å². The number of para-hydroxylation sites is 2. The topological polar surface area (TPSA) is 96.4 Å². The smallest absolute Gasteiger partial charge is 0.312 e. The summed E-state index contributed by atoms with van der Waals surface area (Å²) >= 11 is 0. The van der Waals surface area contributed by atoms with Crippen LogP contribution in [0.25, 0.3) is 0 Å². The number of nitro benzene ring substituents is 1. The molecule has 2 aromatic carbocycles. The molecule has 6 heteroatoms. The first kappa shape index (κ1) is 12.4. The zero-order valence-corrected chi connectivity index (χ0v) is 9.61. The molecular weight excluding hydrogens is 248 g/mol. The minimum Gasteiger partial charge on any atom is -0.504 e. The fourth-order valence-corrected chi connectivity index (χ4v) is 1.48. The SMILES string of the molecule is N#Cc1ccc(Oc2ccccc2O)c([N+](=O)[O-])c1. The minimum absolute atomic E-state index is 0.0366. The third-order valence-corrected chi connectivity index (χ3v) is 2.37. The molecule has 0 radical (unpaired) electrons. The van der Waals surface area contributed by atoms with E-state index in [-0.39, 0.29) is 28.5 Å². The summed E-state index contributed by atoms with van der Waals surface area (Å²) in [6.07, 6.45) is 0. The van der Waals surface area contributed by atoms with Crippen molar-refractivity contribution >= 4 is 5.69 Å². The van der Waals surface area contributed by atoms with Crippen LogP contribution < -0.4 is 4.74 Å². The number of aromatic hydroxyl groups is 1. The van der Waals surface area contributed by atoms with Gasteiger partial charge in [-0.05, 0) is 24.3 Å². The number of nitriles is 1. The molecule has 0 amide bonds. The average molecular weight is 256 g/mol. The van der Waals surface area contributed by atoms with E-state index < -0.39 is 4.92 Å². The van der Waals surface area contributed by atoms with E-state index in [1.165, 1.54) is 24.3 Å².